The van der Waals surface area contributed by atoms with Crippen LogP contribution in [0.25, 0.3) is 12.2 Å². The first-order valence-corrected chi connectivity index (χ1v) is 13.4. The number of rotatable bonds is 9. The quantitative estimate of drug-likeness (QED) is 0.159. The minimum Gasteiger partial charge on any atom is -0.378 e. The molecule has 4 aromatic rings. The maximum atomic E-state index is 13.3. The lowest BCUT2D eigenvalue weighted by Gasteiger charge is -2.12. The largest absolute Gasteiger partial charge is 0.378 e. The molecule has 0 saturated heterocycles. The molecule has 0 bridgehead atoms. The second-order valence-electron chi connectivity index (χ2n) is 9.23. The van der Waals surface area contributed by atoms with Gasteiger partial charge in [0.15, 0.2) is 5.78 Å². The van der Waals surface area contributed by atoms with E-state index in [1.807, 2.05) is 43.3 Å². The van der Waals surface area contributed by atoms with E-state index >= 15 is 0 Å². The second kappa shape index (κ2) is 13.6. The zero-order valence-electron chi connectivity index (χ0n) is 22.4. The first-order chi connectivity index (χ1) is 19.7. The number of carbonyl (C=O) groups excluding carboxylic acids is 3. The smallest absolute Gasteiger partial charge is 0.272 e. The molecule has 0 aliphatic heterocycles. The van der Waals surface area contributed by atoms with Crippen molar-refractivity contribution >= 4 is 64.3 Å². The first kappa shape index (κ1) is 29.3. The van der Waals surface area contributed by atoms with Crippen LogP contribution in [0.1, 0.15) is 31.8 Å². The van der Waals surface area contributed by atoms with Gasteiger partial charge in [0.2, 0.25) is 0 Å². The summed E-state index contributed by atoms with van der Waals surface area (Å²) >= 11 is 12.6. The van der Waals surface area contributed by atoms with E-state index in [4.69, 9.17) is 23.2 Å². The number of hydrogen-bond donors (Lipinski definition) is 2. The van der Waals surface area contributed by atoms with Crippen molar-refractivity contribution in [2.75, 3.05) is 24.3 Å². The first-order valence-electron chi connectivity index (χ1n) is 12.6. The van der Waals surface area contributed by atoms with Crippen LogP contribution in [0.4, 0.5) is 11.4 Å². The Balaban J connectivity index is 1.50. The summed E-state index contributed by atoms with van der Waals surface area (Å²) in [5.74, 6) is -1.24. The molecule has 41 heavy (non-hydrogen) atoms. The molecule has 0 unspecified atom stereocenters. The van der Waals surface area contributed by atoms with Gasteiger partial charge in [-0.1, -0.05) is 65.7 Å². The highest BCUT2D eigenvalue weighted by Crippen LogP contribution is 2.27. The summed E-state index contributed by atoms with van der Waals surface area (Å²) in [5.41, 5.74) is 3.57. The molecular formula is C33H27Cl2N3O3. The van der Waals surface area contributed by atoms with E-state index in [1.54, 1.807) is 78.9 Å². The number of allylic oxidation sites excluding steroid dienone is 1. The van der Waals surface area contributed by atoms with Gasteiger partial charge < -0.3 is 15.5 Å². The monoisotopic (exact) mass is 583 g/mol. The molecule has 0 aliphatic carbocycles. The third-order valence-electron chi connectivity index (χ3n) is 6.08. The molecule has 0 atom stereocenters. The second-order valence-corrected chi connectivity index (χ2v) is 10.0. The number of amides is 2. The molecular weight excluding hydrogens is 557 g/mol. The molecule has 4 aromatic carbocycles. The van der Waals surface area contributed by atoms with Crippen molar-refractivity contribution < 1.29 is 14.4 Å². The minimum atomic E-state index is -0.592. The Morgan fingerprint density at radius 3 is 1.98 bits per heavy atom. The molecule has 2 amide bonds. The van der Waals surface area contributed by atoms with Crippen molar-refractivity contribution in [2.45, 2.75) is 0 Å². The summed E-state index contributed by atoms with van der Waals surface area (Å²) in [7, 11) is 3.93. The van der Waals surface area contributed by atoms with E-state index in [0.717, 1.165) is 11.3 Å². The number of benzene rings is 4. The highest BCUT2D eigenvalue weighted by Gasteiger charge is 2.17. The number of hydrogen-bond acceptors (Lipinski definition) is 4. The van der Waals surface area contributed by atoms with E-state index in [1.165, 1.54) is 12.2 Å². The lowest BCUT2D eigenvalue weighted by Crippen LogP contribution is -2.30. The fourth-order valence-electron chi connectivity index (χ4n) is 3.80. The van der Waals surface area contributed by atoms with E-state index in [2.05, 4.69) is 10.6 Å². The Morgan fingerprint density at radius 1 is 0.732 bits per heavy atom. The zero-order valence-corrected chi connectivity index (χ0v) is 23.9. The van der Waals surface area contributed by atoms with Gasteiger partial charge in [-0.3, -0.25) is 14.4 Å². The minimum absolute atomic E-state index is 0.0581. The van der Waals surface area contributed by atoms with Crippen LogP contribution in [0.5, 0.6) is 0 Å². The zero-order chi connectivity index (χ0) is 29.4. The Bertz CT molecular complexity index is 1590. The number of nitrogens with zero attached hydrogens (tertiary/aromatic N) is 1. The lowest BCUT2D eigenvalue weighted by molar-refractivity contribution is -0.113. The molecule has 206 valence electrons. The van der Waals surface area contributed by atoms with Crippen LogP contribution in [0.2, 0.25) is 10.0 Å². The van der Waals surface area contributed by atoms with Crippen LogP contribution in [0, 0.1) is 0 Å². The van der Waals surface area contributed by atoms with Gasteiger partial charge in [-0.15, -0.1) is 0 Å². The molecule has 0 aliphatic rings. The summed E-state index contributed by atoms with van der Waals surface area (Å²) in [5, 5.41) is 6.05. The Morgan fingerprint density at radius 2 is 1.37 bits per heavy atom. The maximum Gasteiger partial charge on any atom is 0.272 e. The lowest BCUT2D eigenvalue weighted by atomic mass is 10.1. The summed E-state index contributed by atoms with van der Waals surface area (Å²) in [6.45, 7) is 0. The van der Waals surface area contributed by atoms with Crippen LogP contribution in [0.3, 0.4) is 0 Å². The van der Waals surface area contributed by atoms with Crippen molar-refractivity contribution in [3.05, 3.63) is 141 Å². The summed E-state index contributed by atoms with van der Waals surface area (Å²) in [6.07, 6.45) is 4.68. The van der Waals surface area contributed by atoms with Crippen molar-refractivity contribution in [1.29, 1.82) is 0 Å². The number of halogens is 2. The van der Waals surface area contributed by atoms with Crippen molar-refractivity contribution in [2.24, 2.45) is 0 Å². The number of anilines is 2. The molecule has 8 heteroatoms. The average molecular weight is 585 g/mol. The molecule has 0 aromatic heterocycles. The molecule has 0 radical (unpaired) electrons. The number of nitrogens with one attached hydrogen (secondary N) is 2. The highest BCUT2D eigenvalue weighted by molar-refractivity contribution is 6.37. The Kier molecular flexibility index (Phi) is 9.74. The van der Waals surface area contributed by atoms with Gasteiger partial charge in [0.1, 0.15) is 5.70 Å². The van der Waals surface area contributed by atoms with Crippen LogP contribution in [-0.4, -0.2) is 31.7 Å². The van der Waals surface area contributed by atoms with Crippen molar-refractivity contribution in [3.8, 4) is 0 Å². The molecule has 4 rings (SSSR count). The number of ketones is 1. The maximum absolute atomic E-state index is 13.3. The van der Waals surface area contributed by atoms with E-state index in [9.17, 15) is 14.4 Å². The fraction of sp³-hybridized carbons (Fsp3) is 0.0606. The topological polar surface area (TPSA) is 78.5 Å². The summed E-state index contributed by atoms with van der Waals surface area (Å²) < 4.78 is 0. The highest BCUT2D eigenvalue weighted by atomic mass is 35.5. The molecule has 2 N–H and O–H groups in total. The van der Waals surface area contributed by atoms with Gasteiger partial charge in [-0.2, -0.15) is 0 Å². The third-order valence-corrected chi connectivity index (χ3v) is 6.74. The van der Waals surface area contributed by atoms with Gasteiger partial charge in [-0.05, 0) is 78.4 Å². The summed E-state index contributed by atoms with van der Waals surface area (Å²) in [6, 6.07) is 27.8. The molecule has 6 nitrogen and oxygen atoms in total. The predicted octanol–water partition coefficient (Wildman–Crippen LogP) is 7.37. The van der Waals surface area contributed by atoms with E-state index in [-0.39, 0.29) is 11.5 Å². The number of carbonyl (C=O) groups is 3. The van der Waals surface area contributed by atoms with Crippen LogP contribution in [-0.2, 0) is 4.79 Å². The SMILES string of the molecule is CN(C)c1ccc(/C=C/C(=O)c2ccc(NC(=O)/C(=C/c3c(Cl)cccc3Cl)NC(=O)c3ccccc3)cc2)cc1. The molecule has 0 heterocycles. The Labute approximate surface area is 248 Å². The normalized spacial score (nSPS) is 11.3. The average Bonchev–Trinajstić information content (AvgIpc) is 2.98. The standard InChI is InChI=1S/C33H27Cl2N3O3/c1-38(2)26-18-11-22(12-19-26)13-20-31(39)23-14-16-25(17-15-23)36-33(41)30(21-27-28(34)9-6-10-29(27)35)37-32(40)24-7-4-3-5-8-24/h3-21H,1-2H3,(H,36,41)(H,37,40)/b20-13+,30-21-. The molecule has 0 saturated carbocycles. The van der Waals surface area contributed by atoms with Gasteiger partial charge >= 0.3 is 0 Å². The van der Waals surface area contributed by atoms with Gasteiger partial charge in [0, 0.05) is 52.2 Å². The van der Waals surface area contributed by atoms with Gasteiger partial charge in [-0.25, -0.2) is 0 Å². The predicted molar refractivity (Wildman–Crippen MR) is 168 cm³/mol. The van der Waals surface area contributed by atoms with Gasteiger partial charge in [0.25, 0.3) is 11.8 Å². The fourth-order valence-corrected chi connectivity index (χ4v) is 4.31. The Hall–Kier alpha value is -4.65. The van der Waals surface area contributed by atoms with E-state index in [0.29, 0.717) is 32.4 Å². The van der Waals surface area contributed by atoms with E-state index < -0.39 is 11.8 Å². The van der Waals surface area contributed by atoms with Gasteiger partial charge in [0.05, 0.1) is 0 Å². The van der Waals surface area contributed by atoms with Crippen LogP contribution >= 0.6 is 23.2 Å². The summed E-state index contributed by atoms with van der Waals surface area (Å²) in [4.78, 5) is 40.8. The van der Waals surface area contributed by atoms with Crippen LogP contribution < -0.4 is 15.5 Å². The van der Waals surface area contributed by atoms with Crippen molar-refractivity contribution in [1.82, 2.24) is 5.32 Å². The third kappa shape index (κ3) is 7.94. The molecule has 0 fully saturated rings. The molecule has 0 spiro atoms. The van der Waals surface area contributed by atoms with Crippen LogP contribution in [0.15, 0.2) is 109 Å². The van der Waals surface area contributed by atoms with Crippen molar-refractivity contribution in [3.63, 3.8) is 0 Å².